The number of hydrogen-bond donors (Lipinski definition) is 0. The topological polar surface area (TPSA) is 18.5 Å². The maximum Gasteiger partial charge on any atom is 0.136 e. The molecule has 0 N–H and O–H groups in total. The predicted octanol–water partition coefficient (Wildman–Crippen LogP) is 17.5. The Labute approximate surface area is 359 Å². The van der Waals surface area contributed by atoms with Crippen LogP contribution in [-0.4, -0.2) is 0 Å². The van der Waals surface area contributed by atoms with Crippen LogP contribution in [0.15, 0.2) is 121 Å². The molecular formula is C54H46O2S3. The van der Waals surface area contributed by atoms with E-state index in [-0.39, 0.29) is 0 Å². The van der Waals surface area contributed by atoms with Gasteiger partial charge in [0.1, 0.15) is 23.0 Å². The summed E-state index contributed by atoms with van der Waals surface area (Å²) in [5, 5.41) is 6.89. The van der Waals surface area contributed by atoms with Crippen LogP contribution < -0.4 is 9.47 Å². The lowest BCUT2D eigenvalue weighted by Crippen LogP contribution is -1.99. The average molecular weight is 823 g/mol. The van der Waals surface area contributed by atoms with Gasteiger partial charge in [0.2, 0.25) is 0 Å². The van der Waals surface area contributed by atoms with Crippen LogP contribution in [0.25, 0.3) is 75.8 Å². The Morgan fingerprint density at radius 3 is 1.34 bits per heavy atom. The molecule has 0 unspecified atom stereocenters. The third-order valence-corrected chi connectivity index (χ3v) is 15.5. The maximum atomic E-state index is 6.70. The Hall–Kier alpha value is -5.46. The zero-order valence-corrected chi connectivity index (χ0v) is 36.9. The van der Waals surface area contributed by atoms with E-state index in [2.05, 4.69) is 162 Å². The first-order valence-corrected chi connectivity index (χ1v) is 23.3. The van der Waals surface area contributed by atoms with Gasteiger partial charge < -0.3 is 9.47 Å². The molecule has 0 saturated heterocycles. The number of thiophene rings is 3. The molecule has 0 amide bonds. The molecule has 2 nitrogen and oxygen atoms in total. The normalized spacial score (nSPS) is 12.1. The summed E-state index contributed by atoms with van der Waals surface area (Å²) in [6, 6.07) is 42.5. The maximum absolute atomic E-state index is 6.70. The molecule has 0 saturated carbocycles. The summed E-state index contributed by atoms with van der Waals surface area (Å²) < 4.78 is 13.4. The Kier molecular flexibility index (Phi) is 9.79. The molecule has 292 valence electrons. The predicted molar refractivity (Wildman–Crippen MR) is 256 cm³/mol. The van der Waals surface area contributed by atoms with Gasteiger partial charge in [-0.25, -0.2) is 0 Å². The number of aryl methyl sites for hydroxylation is 6. The molecule has 6 aromatic carbocycles. The second-order valence-corrected chi connectivity index (χ2v) is 19.4. The van der Waals surface area contributed by atoms with E-state index >= 15 is 0 Å². The molecular weight excluding hydrogens is 777 g/mol. The monoisotopic (exact) mass is 822 g/mol. The molecule has 0 aliphatic carbocycles. The van der Waals surface area contributed by atoms with Crippen LogP contribution in [0.4, 0.5) is 0 Å². The van der Waals surface area contributed by atoms with E-state index in [4.69, 9.17) is 9.47 Å². The van der Waals surface area contributed by atoms with Crippen LogP contribution in [0.1, 0.15) is 58.0 Å². The summed E-state index contributed by atoms with van der Waals surface area (Å²) in [5.41, 5.74) is 13.6. The molecule has 2 aliphatic rings. The van der Waals surface area contributed by atoms with E-state index < -0.39 is 0 Å². The minimum absolute atomic E-state index is 0.897. The van der Waals surface area contributed by atoms with E-state index in [0.717, 1.165) is 70.9 Å². The van der Waals surface area contributed by atoms with Crippen molar-refractivity contribution in [2.24, 2.45) is 0 Å². The second kappa shape index (κ2) is 15.3. The van der Waals surface area contributed by atoms with Crippen molar-refractivity contribution in [1.29, 1.82) is 0 Å². The summed E-state index contributed by atoms with van der Waals surface area (Å²) in [4.78, 5) is 7.01. The van der Waals surface area contributed by atoms with Gasteiger partial charge in [-0.3, -0.25) is 0 Å². The SMILES string of the molecule is CCCc1sc(-c2cc3c4c(cccc4c2)-c2cc(-c4ccc5c(c4)-c4cccc6cc(-c7cc(C)c(CCC)s7)cc(c46)O5)ccc2O3)cc1C.Cc1ccsc1C. The highest BCUT2D eigenvalue weighted by Gasteiger charge is 2.25. The van der Waals surface area contributed by atoms with Crippen molar-refractivity contribution in [3.05, 3.63) is 152 Å². The van der Waals surface area contributed by atoms with Gasteiger partial charge in [-0.2, -0.15) is 0 Å². The molecule has 0 radical (unpaired) electrons. The van der Waals surface area contributed by atoms with Crippen LogP contribution in [0, 0.1) is 27.7 Å². The molecule has 2 aliphatic heterocycles. The van der Waals surface area contributed by atoms with E-state index in [0.29, 0.717) is 0 Å². The van der Waals surface area contributed by atoms with Crippen LogP contribution in [0.2, 0.25) is 0 Å². The van der Waals surface area contributed by atoms with E-state index in [1.54, 1.807) is 11.3 Å². The van der Waals surface area contributed by atoms with Gasteiger partial charge in [0, 0.05) is 46.3 Å². The van der Waals surface area contributed by atoms with Crippen LogP contribution in [0.3, 0.4) is 0 Å². The van der Waals surface area contributed by atoms with Crippen molar-refractivity contribution in [2.75, 3.05) is 0 Å². The molecule has 0 spiro atoms. The van der Waals surface area contributed by atoms with E-state index in [1.807, 2.05) is 22.7 Å². The molecule has 5 heteroatoms. The van der Waals surface area contributed by atoms with Crippen molar-refractivity contribution in [2.45, 2.75) is 67.2 Å². The van der Waals surface area contributed by atoms with Crippen molar-refractivity contribution >= 4 is 55.6 Å². The number of hydrogen-bond acceptors (Lipinski definition) is 5. The van der Waals surface area contributed by atoms with Gasteiger partial charge in [0.15, 0.2) is 0 Å². The van der Waals surface area contributed by atoms with Crippen molar-refractivity contribution < 1.29 is 9.47 Å². The Morgan fingerprint density at radius 2 is 0.932 bits per heavy atom. The smallest absolute Gasteiger partial charge is 0.136 e. The standard InChI is InChI=1S/C48H38O2S2.C6H8S/c1-5-9-43-27(3)19-45(51-43)33-21-31-11-7-13-35-37-23-29(15-17-39(37)49-41(25-33)47(31)35)30-16-18-40-38(24-30)36-14-8-12-32-22-34(26-42(50-40)48(32)36)46-20-28(4)44(52-46)10-6-2;1-5-3-4-7-6(5)2/h7-8,11-26H,5-6,9-10H2,1-4H3;3-4H,1-2H3. The highest BCUT2D eigenvalue weighted by molar-refractivity contribution is 7.16. The first kappa shape index (κ1) is 37.8. The third kappa shape index (κ3) is 6.79. The van der Waals surface area contributed by atoms with Crippen molar-refractivity contribution in [3.8, 4) is 77.3 Å². The lowest BCUT2D eigenvalue weighted by atomic mass is 9.89. The summed E-state index contributed by atoms with van der Waals surface area (Å²) in [5.74, 6) is 3.66. The van der Waals surface area contributed by atoms with Crippen molar-refractivity contribution in [3.63, 3.8) is 0 Å². The van der Waals surface area contributed by atoms with Gasteiger partial charge in [0.25, 0.3) is 0 Å². The van der Waals surface area contributed by atoms with Crippen LogP contribution in [0.5, 0.6) is 23.0 Å². The molecule has 0 bridgehead atoms. The van der Waals surface area contributed by atoms with Gasteiger partial charge in [-0.05, 0) is 173 Å². The highest BCUT2D eigenvalue weighted by Crippen LogP contribution is 2.52. The first-order chi connectivity index (χ1) is 28.8. The van der Waals surface area contributed by atoms with Crippen LogP contribution in [-0.2, 0) is 12.8 Å². The van der Waals surface area contributed by atoms with Gasteiger partial charge in [0.05, 0.1) is 0 Å². The van der Waals surface area contributed by atoms with Gasteiger partial charge in [-0.1, -0.05) is 75.2 Å². The Morgan fingerprint density at radius 1 is 0.441 bits per heavy atom. The molecule has 59 heavy (non-hydrogen) atoms. The summed E-state index contributed by atoms with van der Waals surface area (Å²) in [7, 11) is 0. The molecule has 3 aromatic heterocycles. The number of ether oxygens (including phenoxy) is 2. The zero-order valence-electron chi connectivity index (χ0n) is 34.4. The van der Waals surface area contributed by atoms with E-state index in [9.17, 15) is 0 Å². The second-order valence-electron chi connectivity index (χ2n) is 16.0. The largest absolute Gasteiger partial charge is 0.456 e. The molecule has 11 rings (SSSR count). The fraction of sp³-hybridized carbons (Fsp3) is 0.185. The summed E-state index contributed by atoms with van der Waals surface area (Å²) in [6.07, 6.45) is 4.58. The number of benzene rings is 6. The van der Waals surface area contributed by atoms with Crippen LogP contribution >= 0.6 is 34.0 Å². The lowest BCUT2D eigenvalue weighted by Gasteiger charge is -2.24. The summed E-state index contributed by atoms with van der Waals surface area (Å²) in [6.45, 7) is 13.2. The molecule has 5 heterocycles. The summed E-state index contributed by atoms with van der Waals surface area (Å²) >= 11 is 5.63. The highest BCUT2D eigenvalue weighted by atomic mass is 32.1. The third-order valence-electron chi connectivity index (χ3n) is 11.9. The van der Waals surface area contributed by atoms with Crippen molar-refractivity contribution in [1.82, 2.24) is 0 Å². The Bertz CT molecular complexity index is 2880. The molecule has 9 aromatic rings. The minimum Gasteiger partial charge on any atom is -0.456 e. The minimum atomic E-state index is 0.897. The first-order valence-electron chi connectivity index (χ1n) is 20.7. The zero-order chi connectivity index (χ0) is 40.4. The fourth-order valence-electron chi connectivity index (χ4n) is 8.65. The number of rotatable bonds is 7. The lowest BCUT2D eigenvalue weighted by molar-refractivity contribution is 0.487. The fourth-order valence-corrected chi connectivity index (χ4v) is 11.9. The Balaban J connectivity index is 0.000000547. The quantitative estimate of drug-likeness (QED) is 0.159. The molecule has 0 atom stereocenters. The average Bonchev–Trinajstić information content (AvgIpc) is 3.94. The molecule has 0 fully saturated rings. The van der Waals surface area contributed by atoms with E-state index in [1.165, 1.54) is 84.9 Å². The van der Waals surface area contributed by atoms with Gasteiger partial charge >= 0.3 is 0 Å². The number of fused-ring (bicyclic) bond motifs is 4. The van der Waals surface area contributed by atoms with Gasteiger partial charge in [-0.15, -0.1) is 34.0 Å².